The Morgan fingerprint density at radius 2 is 1.72 bits per heavy atom. The van der Waals surface area contributed by atoms with E-state index in [9.17, 15) is 13.2 Å². The fourth-order valence-electron chi connectivity index (χ4n) is 2.02. The van der Waals surface area contributed by atoms with Crippen LogP contribution in [0.3, 0.4) is 0 Å². The van der Waals surface area contributed by atoms with Crippen molar-refractivity contribution in [3.8, 4) is 12.0 Å². The third-order valence-corrected chi connectivity index (χ3v) is 4.31. The van der Waals surface area contributed by atoms with Gasteiger partial charge in [-0.15, -0.1) is 0 Å². The van der Waals surface area contributed by atoms with Crippen molar-refractivity contribution in [2.24, 2.45) is 0 Å². The summed E-state index contributed by atoms with van der Waals surface area (Å²) in [7, 11) is -3.48. The number of sulfonamides is 1. The van der Waals surface area contributed by atoms with Gasteiger partial charge in [0, 0.05) is 11.6 Å². The van der Waals surface area contributed by atoms with Crippen LogP contribution >= 0.6 is 0 Å². The van der Waals surface area contributed by atoms with E-state index in [2.05, 4.69) is 12.0 Å². The van der Waals surface area contributed by atoms with Crippen LogP contribution < -0.4 is 0 Å². The molecule has 0 aromatic heterocycles. The predicted molar refractivity (Wildman–Crippen MR) is 96.1 cm³/mol. The van der Waals surface area contributed by atoms with Gasteiger partial charge in [-0.05, 0) is 42.7 Å². The molecule has 0 heterocycles. The molecule has 2 aromatic carbocycles. The highest BCUT2D eigenvalue weighted by Crippen LogP contribution is 2.09. The number of hydrogen-bond acceptors (Lipinski definition) is 4. The average molecular weight is 357 g/mol. The van der Waals surface area contributed by atoms with E-state index in [0.717, 1.165) is 16.1 Å². The summed E-state index contributed by atoms with van der Waals surface area (Å²) in [4.78, 5) is 11.6. The van der Waals surface area contributed by atoms with Crippen molar-refractivity contribution in [2.75, 3.05) is 12.9 Å². The standard InChI is InChI=1S/C19H19NO4S/c1-3-24-19(21)18-11-9-16(10-12-18)13-14-20(25(2,22)23)15-17-7-5-4-6-8-17/h4-12H,3,15H2,1-2H3. The van der Waals surface area contributed by atoms with Crippen LogP contribution in [0.1, 0.15) is 28.4 Å². The lowest BCUT2D eigenvalue weighted by Crippen LogP contribution is -2.24. The van der Waals surface area contributed by atoms with Gasteiger partial charge in [-0.1, -0.05) is 30.3 Å². The maximum absolute atomic E-state index is 11.9. The molecule has 2 rings (SSSR count). The molecule has 0 N–H and O–H groups in total. The second-order valence-corrected chi connectivity index (χ2v) is 7.20. The Kier molecular flexibility index (Phi) is 6.20. The van der Waals surface area contributed by atoms with Crippen LogP contribution in [0, 0.1) is 12.0 Å². The molecule has 0 aliphatic rings. The Labute approximate surface area is 148 Å². The minimum Gasteiger partial charge on any atom is -0.462 e. The molecule has 6 heteroatoms. The summed E-state index contributed by atoms with van der Waals surface area (Å²) in [6.07, 6.45) is 1.12. The van der Waals surface area contributed by atoms with Gasteiger partial charge < -0.3 is 4.74 Å². The lowest BCUT2D eigenvalue weighted by molar-refractivity contribution is 0.0526. The van der Waals surface area contributed by atoms with E-state index < -0.39 is 16.0 Å². The van der Waals surface area contributed by atoms with Crippen LogP contribution in [0.5, 0.6) is 0 Å². The van der Waals surface area contributed by atoms with E-state index in [-0.39, 0.29) is 6.54 Å². The fourth-order valence-corrected chi connectivity index (χ4v) is 2.61. The highest BCUT2D eigenvalue weighted by molar-refractivity contribution is 7.88. The maximum Gasteiger partial charge on any atom is 0.338 e. The molecule has 0 amide bonds. The van der Waals surface area contributed by atoms with Gasteiger partial charge in [0.15, 0.2) is 0 Å². The van der Waals surface area contributed by atoms with Crippen molar-refractivity contribution in [1.82, 2.24) is 4.31 Å². The van der Waals surface area contributed by atoms with E-state index in [1.54, 1.807) is 31.2 Å². The molecule has 25 heavy (non-hydrogen) atoms. The topological polar surface area (TPSA) is 63.7 Å². The summed E-state index contributed by atoms with van der Waals surface area (Å²) in [6.45, 7) is 2.22. The van der Waals surface area contributed by atoms with Gasteiger partial charge in [0.2, 0.25) is 10.0 Å². The van der Waals surface area contributed by atoms with Gasteiger partial charge in [0.25, 0.3) is 0 Å². The zero-order chi connectivity index (χ0) is 18.3. The molecule has 0 spiro atoms. The number of ether oxygens (including phenoxy) is 1. The third-order valence-electron chi connectivity index (χ3n) is 3.29. The quantitative estimate of drug-likeness (QED) is 0.469. The number of nitrogens with zero attached hydrogens (tertiary/aromatic N) is 1. The zero-order valence-corrected chi connectivity index (χ0v) is 14.9. The Morgan fingerprint density at radius 1 is 1.08 bits per heavy atom. The number of esters is 1. The lowest BCUT2D eigenvalue weighted by atomic mass is 10.1. The first-order valence-electron chi connectivity index (χ1n) is 7.70. The molecule has 0 unspecified atom stereocenters. The van der Waals surface area contributed by atoms with Crippen molar-refractivity contribution in [3.05, 3.63) is 71.3 Å². The van der Waals surface area contributed by atoms with E-state index in [1.165, 1.54) is 0 Å². The van der Waals surface area contributed by atoms with Crippen molar-refractivity contribution < 1.29 is 17.9 Å². The van der Waals surface area contributed by atoms with Crippen LogP contribution in [-0.4, -0.2) is 31.6 Å². The molecular formula is C19H19NO4S. The van der Waals surface area contributed by atoms with Crippen molar-refractivity contribution >= 4 is 16.0 Å². The first-order chi connectivity index (χ1) is 11.9. The number of carbonyl (C=O) groups excluding carboxylic acids is 1. The van der Waals surface area contributed by atoms with Crippen LogP contribution in [-0.2, 0) is 21.3 Å². The van der Waals surface area contributed by atoms with Gasteiger partial charge in [-0.3, -0.25) is 0 Å². The molecule has 0 aliphatic heterocycles. The minimum atomic E-state index is -3.48. The van der Waals surface area contributed by atoms with E-state index in [0.29, 0.717) is 17.7 Å². The lowest BCUT2D eigenvalue weighted by Gasteiger charge is -2.14. The maximum atomic E-state index is 11.9. The van der Waals surface area contributed by atoms with E-state index >= 15 is 0 Å². The fraction of sp³-hybridized carbons (Fsp3) is 0.211. The average Bonchev–Trinajstić information content (AvgIpc) is 2.59. The summed E-state index contributed by atoms with van der Waals surface area (Å²) in [5.74, 6) is 2.42. The number of rotatable bonds is 5. The predicted octanol–water partition coefficient (Wildman–Crippen LogP) is 2.63. The molecule has 2 aromatic rings. The SMILES string of the molecule is CCOC(=O)c1ccc(C#CN(Cc2ccccc2)S(C)(=O)=O)cc1. The van der Waals surface area contributed by atoms with Crippen LogP contribution in [0.2, 0.25) is 0 Å². The largest absolute Gasteiger partial charge is 0.462 e. The zero-order valence-electron chi connectivity index (χ0n) is 14.1. The van der Waals surface area contributed by atoms with Gasteiger partial charge in [0.05, 0.1) is 25.0 Å². The third kappa shape index (κ3) is 5.66. The Bertz CT molecular complexity index is 879. The van der Waals surface area contributed by atoms with Crippen molar-refractivity contribution in [1.29, 1.82) is 0 Å². The molecule has 0 atom stereocenters. The van der Waals surface area contributed by atoms with Crippen LogP contribution in [0.15, 0.2) is 54.6 Å². The van der Waals surface area contributed by atoms with Crippen molar-refractivity contribution in [3.63, 3.8) is 0 Å². The highest BCUT2D eigenvalue weighted by Gasteiger charge is 2.13. The van der Waals surface area contributed by atoms with E-state index in [1.807, 2.05) is 30.3 Å². The second kappa shape index (κ2) is 8.36. The van der Waals surface area contributed by atoms with Gasteiger partial charge >= 0.3 is 5.97 Å². The highest BCUT2D eigenvalue weighted by atomic mass is 32.2. The van der Waals surface area contributed by atoms with Crippen LogP contribution in [0.25, 0.3) is 0 Å². The molecule has 0 saturated carbocycles. The monoisotopic (exact) mass is 357 g/mol. The Morgan fingerprint density at radius 3 is 2.28 bits per heavy atom. The molecule has 5 nitrogen and oxygen atoms in total. The molecule has 130 valence electrons. The molecular weight excluding hydrogens is 338 g/mol. The van der Waals surface area contributed by atoms with Gasteiger partial charge in [0.1, 0.15) is 0 Å². The molecule has 0 saturated heterocycles. The molecule has 0 fully saturated rings. The summed E-state index contributed by atoms with van der Waals surface area (Å²) in [5, 5.41) is 0. The molecule has 0 radical (unpaired) electrons. The normalized spacial score (nSPS) is 10.5. The van der Waals surface area contributed by atoms with Crippen molar-refractivity contribution in [2.45, 2.75) is 13.5 Å². The van der Waals surface area contributed by atoms with Crippen LogP contribution in [0.4, 0.5) is 0 Å². The summed E-state index contributed by atoms with van der Waals surface area (Å²) in [5.41, 5.74) is 1.88. The molecule has 0 bridgehead atoms. The number of benzene rings is 2. The van der Waals surface area contributed by atoms with Gasteiger partial charge in [-0.25, -0.2) is 17.5 Å². The summed E-state index contributed by atoms with van der Waals surface area (Å²) in [6, 6.07) is 18.4. The first kappa shape index (κ1) is 18.6. The number of hydrogen-bond donors (Lipinski definition) is 0. The second-order valence-electron chi connectivity index (χ2n) is 5.29. The molecule has 0 aliphatic carbocycles. The summed E-state index contributed by atoms with van der Waals surface area (Å²) >= 11 is 0. The Balaban J connectivity index is 2.18. The van der Waals surface area contributed by atoms with Gasteiger partial charge in [-0.2, -0.15) is 0 Å². The first-order valence-corrected chi connectivity index (χ1v) is 9.55. The Hall–Kier alpha value is -2.78. The minimum absolute atomic E-state index is 0.174. The van der Waals surface area contributed by atoms with E-state index in [4.69, 9.17) is 4.74 Å². The summed E-state index contributed by atoms with van der Waals surface area (Å²) < 4.78 is 29.9. The smallest absolute Gasteiger partial charge is 0.338 e. The number of carbonyl (C=O) groups is 1.